The lowest BCUT2D eigenvalue weighted by atomic mass is 10.1. The fourth-order valence-corrected chi connectivity index (χ4v) is 8.31. The van der Waals surface area contributed by atoms with Gasteiger partial charge in [0.15, 0.2) is 0 Å². The number of unbranched alkanes of at least 4 members (excludes halogenated alkanes) is 2. The van der Waals surface area contributed by atoms with Crippen LogP contribution < -0.4 is 21.3 Å². The Balaban J connectivity index is 1.80. The molecule has 0 saturated carbocycles. The van der Waals surface area contributed by atoms with Crippen LogP contribution in [0, 0.1) is 0 Å². The van der Waals surface area contributed by atoms with Gasteiger partial charge in [0.25, 0.3) is 0 Å². The molecule has 1 saturated heterocycles. The van der Waals surface area contributed by atoms with E-state index in [1.54, 1.807) is 19.6 Å². The lowest BCUT2D eigenvalue weighted by molar-refractivity contribution is -0.141. The summed E-state index contributed by atoms with van der Waals surface area (Å²) in [7, 11) is 0. The molecule has 0 radical (unpaired) electrons. The van der Waals surface area contributed by atoms with Gasteiger partial charge in [-0.15, -0.1) is 0 Å². The number of aliphatic carboxylic acids is 8. The largest absolute Gasteiger partial charge is 0.481 e. The Morgan fingerprint density at radius 3 is 1.28 bits per heavy atom. The fraction of sp³-hybridized carbons (Fsp3) is 0.630. The van der Waals surface area contributed by atoms with Gasteiger partial charge in [0, 0.05) is 90.1 Å². The molecular formula is C46H71N13O19. The minimum atomic E-state index is -1.61. The van der Waals surface area contributed by atoms with E-state index in [0.29, 0.717) is 31.0 Å². The van der Waals surface area contributed by atoms with E-state index >= 15 is 0 Å². The summed E-state index contributed by atoms with van der Waals surface area (Å²) in [5.74, 6) is -10.4. The van der Waals surface area contributed by atoms with E-state index in [4.69, 9.17) is 5.11 Å². The number of nitrogens with zero attached hydrogens (tertiary/aromatic N) is 9. The number of nitrogens with one attached hydrogen (secondary N) is 4. The Morgan fingerprint density at radius 1 is 0.474 bits per heavy atom. The zero-order valence-electron chi connectivity index (χ0n) is 43.0. The Labute approximate surface area is 446 Å². The van der Waals surface area contributed by atoms with Crippen LogP contribution in [0.3, 0.4) is 0 Å². The van der Waals surface area contributed by atoms with Crippen LogP contribution in [0.1, 0.15) is 63.0 Å². The first kappa shape index (κ1) is 64.5. The Morgan fingerprint density at radius 2 is 0.872 bits per heavy atom. The number of amides is 4. The number of hydrogen-bond donors (Lipinski definition) is 12. The third-order valence-electron chi connectivity index (χ3n) is 12.3. The number of urea groups is 1. The first-order chi connectivity index (χ1) is 37.0. The highest BCUT2D eigenvalue weighted by Gasteiger charge is 2.27. The summed E-state index contributed by atoms with van der Waals surface area (Å²) in [5, 5.41) is 85.4. The lowest BCUT2D eigenvalue weighted by Crippen LogP contribution is -2.52. The van der Waals surface area contributed by atoms with Crippen LogP contribution in [0.5, 0.6) is 0 Å². The Kier molecular flexibility index (Phi) is 28.2. The molecule has 1 fully saturated rings. The van der Waals surface area contributed by atoms with Crippen molar-refractivity contribution in [3.8, 4) is 0 Å². The minimum absolute atomic E-state index is 0.0331. The van der Waals surface area contributed by atoms with Crippen molar-refractivity contribution < 1.29 is 93.6 Å². The molecule has 3 heterocycles. The molecule has 3 rings (SSSR count). The molecule has 0 unspecified atom stereocenters. The lowest BCUT2D eigenvalue weighted by Gasteiger charge is -2.33. The quantitative estimate of drug-likeness (QED) is 0.0301. The second kappa shape index (κ2) is 34.1. The molecular weight excluding hydrogens is 1040 g/mol. The van der Waals surface area contributed by atoms with Crippen LogP contribution in [-0.2, 0) is 74.1 Å². The van der Waals surface area contributed by atoms with Crippen LogP contribution in [-0.4, -0.2) is 260 Å². The number of aromatic nitrogens is 4. The highest BCUT2D eigenvalue weighted by molar-refractivity contribution is 5.88. The molecule has 4 amide bonds. The molecule has 0 aliphatic carbocycles. The van der Waals surface area contributed by atoms with Gasteiger partial charge in [-0.1, -0.05) is 0 Å². The van der Waals surface area contributed by atoms with Gasteiger partial charge in [0.05, 0.1) is 39.3 Å². The number of hydrogen-bond acceptors (Lipinski definition) is 18. The van der Waals surface area contributed by atoms with Gasteiger partial charge < -0.3 is 71.3 Å². The summed E-state index contributed by atoms with van der Waals surface area (Å²) in [5.41, 5.74) is 0. The van der Waals surface area contributed by atoms with Crippen LogP contribution in [0.2, 0.25) is 0 Å². The van der Waals surface area contributed by atoms with Crippen molar-refractivity contribution in [2.24, 2.45) is 0 Å². The normalized spacial score (nSPS) is 15.4. The van der Waals surface area contributed by atoms with Crippen molar-refractivity contribution in [2.45, 2.75) is 95.7 Å². The maximum absolute atomic E-state index is 14.0. The molecule has 2 aromatic heterocycles. The monoisotopic (exact) mass is 1110 g/mol. The first-order valence-electron chi connectivity index (χ1n) is 25.0. The summed E-state index contributed by atoms with van der Waals surface area (Å²) < 4.78 is 2.88. The highest BCUT2D eigenvalue weighted by atomic mass is 16.4. The van der Waals surface area contributed by atoms with Crippen molar-refractivity contribution in [1.82, 2.24) is 64.9 Å². The predicted octanol–water partition coefficient (Wildman–Crippen LogP) is -3.26. The van der Waals surface area contributed by atoms with Crippen molar-refractivity contribution in [1.29, 1.82) is 0 Å². The van der Waals surface area contributed by atoms with Crippen LogP contribution >= 0.6 is 0 Å². The number of carboxylic acid groups (broad SMARTS) is 8. The van der Waals surface area contributed by atoms with Gasteiger partial charge in [-0.25, -0.2) is 24.4 Å². The summed E-state index contributed by atoms with van der Waals surface area (Å²) in [4.78, 5) is 150. The number of imidazole rings is 2. The topological polar surface area (TPSA) is 450 Å². The molecule has 78 heavy (non-hydrogen) atoms. The molecule has 3 atom stereocenters. The van der Waals surface area contributed by atoms with Gasteiger partial charge in [-0.3, -0.25) is 62.9 Å². The maximum atomic E-state index is 14.0. The van der Waals surface area contributed by atoms with E-state index in [1.165, 1.54) is 33.9 Å². The SMILES string of the molecule is O=C(O)CC[C@H](NC(=O)N[C@@H](CCCCNC(=O)[C@@H](CCCCN(Cc1nccn1CC(=O)O)Cc1nccn1CC(=O)O)NC(=O)CN1CCN(CC(=O)O)CCN(CC(=O)O)CCN(CC(=O)O)CC1)C(=O)O)C(=O)O. The van der Waals surface area contributed by atoms with Crippen LogP contribution in [0.4, 0.5) is 4.79 Å². The highest BCUT2D eigenvalue weighted by Crippen LogP contribution is 2.13. The number of carbonyl (C=O) groups is 11. The van der Waals surface area contributed by atoms with E-state index in [9.17, 15) is 88.5 Å². The van der Waals surface area contributed by atoms with Gasteiger partial charge in [-0.2, -0.15) is 0 Å². The zero-order chi connectivity index (χ0) is 57.7. The van der Waals surface area contributed by atoms with Crippen LogP contribution in [0.15, 0.2) is 24.8 Å². The number of carbonyl (C=O) groups excluding carboxylic acids is 3. The fourth-order valence-electron chi connectivity index (χ4n) is 8.31. The second-order valence-corrected chi connectivity index (χ2v) is 18.5. The average Bonchev–Trinajstić information content (AvgIpc) is 3.98. The molecule has 0 aromatic carbocycles. The molecule has 32 nitrogen and oxygen atoms in total. The maximum Gasteiger partial charge on any atom is 0.326 e. The van der Waals surface area contributed by atoms with E-state index in [2.05, 4.69) is 25.9 Å². The van der Waals surface area contributed by atoms with Crippen molar-refractivity contribution in [3.63, 3.8) is 0 Å². The second-order valence-electron chi connectivity index (χ2n) is 18.5. The van der Waals surface area contributed by atoms with Gasteiger partial charge in [-0.05, 0) is 51.5 Å². The molecule has 2 aromatic rings. The third kappa shape index (κ3) is 26.3. The smallest absolute Gasteiger partial charge is 0.326 e. The van der Waals surface area contributed by atoms with Crippen molar-refractivity contribution >= 4 is 65.6 Å². The van der Waals surface area contributed by atoms with Gasteiger partial charge >= 0.3 is 53.8 Å². The molecule has 1 aliphatic heterocycles. The molecule has 32 heteroatoms. The van der Waals surface area contributed by atoms with E-state index in [1.807, 2.05) is 10.2 Å². The summed E-state index contributed by atoms with van der Waals surface area (Å²) in [6.07, 6.45) is 5.69. The first-order valence-corrected chi connectivity index (χ1v) is 25.0. The number of carboxylic acids is 8. The predicted molar refractivity (Wildman–Crippen MR) is 267 cm³/mol. The Bertz CT molecular complexity index is 2260. The van der Waals surface area contributed by atoms with Crippen molar-refractivity contribution in [2.75, 3.05) is 91.6 Å². The van der Waals surface area contributed by atoms with Crippen molar-refractivity contribution in [3.05, 3.63) is 36.4 Å². The zero-order valence-corrected chi connectivity index (χ0v) is 43.0. The molecule has 1 aliphatic rings. The minimum Gasteiger partial charge on any atom is -0.481 e. The molecule has 0 spiro atoms. The van der Waals surface area contributed by atoms with Gasteiger partial charge in [0.2, 0.25) is 11.8 Å². The molecule has 12 N–H and O–H groups in total. The summed E-state index contributed by atoms with van der Waals surface area (Å²) in [6, 6.07) is -5.44. The summed E-state index contributed by atoms with van der Waals surface area (Å²) in [6.45, 7) is -0.681. The Hall–Kier alpha value is -7.81. The van der Waals surface area contributed by atoms with E-state index in [0.717, 1.165) is 0 Å². The third-order valence-corrected chi connectivity index (χ3v) is 12.3. The van der Waals surface area contributed by atoms with Gasteiger partial charge in [0.1, 0.15) is 42.9 Å². The molecule has 0 bridgehead atoms. The standard InChI is InChI=1S/C46H71N13O19/c60-36(25-53-15-17-54(26-38(63)64)19-21-56(28-40(67)68)22-20-55(18-16-53)27-39(65)66)50-31(43(73)49-9-3-1-6-32(44(74)75)51-46(78)52-33(45(76)77)7-8-37(61)62)5-2-4-12-57(23-34-47-10-13-58(34)29-41(69)70)24-35-48-11-14-59(35)30-42(71)72/h10-11,13-14,31-33H,1-9,12,15-30H2,(H,49,73)(H,50,60)(H,61,62)(H,63,64)(H,65,66)(H,67,68)(H,69,70)(H,71,72)(H,74,75)(H,76,77)(H2,51,52,78)/t31-,32+,33+/m1/s1. The average molecular weight is 1110 g/mol. The van der Waals surface area contributed by atoms with Crippen LogP contribution in [0.25, 0.3) is 0 Å². The molecule has 434 valence electrons. The summed E-state index contributed by atoms with van der Waals surface area (Å²) >= 11 is 0. The van der Waals surface area contributed by atoms with E-state index in [-0.39, 0.29) is 124 Å². The van der Waals surface area contributed by atoms with E-state index < -0.39 is 110 Å². The number of rotatable bonds is 35.